The Kier molecular flexibility index (Phi) is 19.9. The predicted octanol–water partition coefficient (Wildman–Crippen LogP) is -6.44. The van der Waals surface area contributed by atoms with Gasteiger partial charge in [0.05, 0.1) is 42.0 Å². The summed E-state index contributed by atoms with van der Waals surface area (Å²) in [7, 11) is 0. The molecule has 1 fully saturated rings. The topological polar surface area (TPSA) is 381 Å². The van der Waals surface area contributed by atoms with Crippen molar-refractivity contribution in [1.29, 1.82) is 0 Å². The zero-order chi connectivity index (χ0) is 47.9. The molecule has 67 heavy (non-hydrogen) atoms. The van der Waals surface area contributed by atoms with Gasteiger partial charge in [-0.05, 0) is 56.4 Å². The van der Waals surface area contributed by atoms with Crippen LogP contribution in [0.25, 0.3) is 11.2 Å². The second-order valence-corrected chi connectivity index (χ2v) is 15.5. The van der Waals surface area contributed by atoms with Gasteiger partial charge in [0.25, 0.3) is 11.5 Å². The van der Waals surface area contributed by atoms with Crippen molar-refractivity contribution < 1.29 is 49.2 Å². The normalized spacial score (nSPS) is 14.7. The fourth-order valence-electron chi connectivity index (χ4n) is 7.32. The summed E-state index contributed by atoms with van der Waals surface area (Å²) in [5.74, 6) is -6.69. The predicted molar refractivity (Wildman–Crippen MR) is 234 cm³/mol. The van der Waals surface area contributed by atoms with Gasteiger partial charge in [0.1, 0.15) is 6.04 Å². The molecule has 2 aromatic heterocycles. The van der Waals surface area contributed by atoms with Gasteiger partial charge in [-0.2, -0.15) is 4.98 Å². The number of amides is 2. The second kappa shape index (κ2) is 25.2. The SMILES string of the molecule is Nc1nc2ncc(CNc3ccc(C(=O)N[C@@H](CCC(=O)NCCCc4c(NCCCC(C(=O)[O-])N5CCN(CC(=O)[O-])CCN(CC(=O)[O-])CC5)c(=O)c4=O)C(=O)O)cc3)nc2c(=O)[nH]1.[Ga+3]. The molecule has 1 aliphatic rings. The van der Waals surface area contributed by atoms with Crippen LogP contribution in [0.2, 0.25) is 0 Å². The Morgan fingerprint density at radius 2 is 1.46 bits per heavy atom. The molecule has 0 spiro atoms. The van der Waals surface area contributed by atoms with Crippen molar-refractivity contribution in [3.63, 3.8) is 0 Å². The summed E-state index contributed by atoms with van der Waals surface area (Å²) in [6, 6.07) is 3.58. The molecule has 2 aromatic carbocycles. The van der Waals surface area contributed by atoms with Crippen molar-refractivity contribution in [2.45, 2.75) is 57.2 Å². The van der Waals surface area contributed by atoms with Crippen molar-refractivity contribution in [3.05, 3.63) is 78.1 Å². The Balaban J connectivity index is 0.00000980. The Morgan fingerprint density at radius 1 is 0.821 bits per heavy atom. The van der Waals surface area contributed by atoms with Crippen LogP contribution < -0.4 is 58.7 Å². The zero-order valence-electron chi connectivity index (χ0n) is 36.2. The number of carboxylic acids is 4. The van der Waals surface area contributed by atoms with Gasteiger partial charge in [0, 0.05) is 94.7 Å². The maximum atomic E-state index is 12.9. The van der Waals surface area contributed by atoms with E-state index in [1.807, 2.05) is 0 Å². The van der Waals surface area contributed by atoms with Crippen molar-refractivity contribution in [2.24, 2.45) is 0 Å². The number of fused-ring (bicyclic) bond motifs is 1. The third-order valence-corrected chi connectivity index (χ3v) is 10.8. The van der Waals surface area contributed by atoms with Gasteiger partial charge in [-0.1, -0.05) is 0 Å². The summed E-state index contributed by atoms with van der Waals surface area (Å²) < 4.78 is 0. The van der Waals surface area contributed by atoms with E-state index in [4.69, 9.17) is 5.73 Å². The summed E-state index contributed by atoms with van der Waals surface area (Å²) in [6.45, 7) is 0.615. The summed E-state index contributed by atoms with van der Waals surface area (Å²) >= 11 is 0. The number of carboxylic acid groups (broad SMARTS) is 4. The van der Waals surface area contributed by atoms with Gasteiger partial charge in [0.15, 0.2) is 11.2 Å². The molecule has 25 nitrogen and oxygen atoms in total. The van der Waals surface area contributed by atoms with Crippen LogP contribution in [-0.4, -0.2) is 173 Å². The molecule has 2 amide bonds. The monoisotopic (exact) mass is 986 g/mol. The van der Waals surface area contributed by atoms with Crippen LogP contribution in [-0.2, 0) is 36.9 Å². The van der Waals surface area contributed by atoms with E-state index in [1.54, 1.807) is 17.0 Å². The van der Waals surface area contributed by atoms with Crippen LogP contribution in [0.15, 0.2) is 44.8 Å². The maximum absolute atomic E-state index is 12.9. The van der Waals surface area contributed by atoms with Crippen LogP contribution in [0.5, 0.6) is 0 Å². The van der Waals surface area contributed by atoms with E-state index in [0.29, 0.717) is 11.4 Å². The van der Waals surface area contributed by atoms with Crippen molar-refractivity contribution in [3.8, 4) is 0 Å². The molecule has 1 aliphatic heterocycles. The number of nitrogens with two attached hydrogens (primary N) is 1. The number of aromatic amines is 1. The number of carbonyl (C=O) groups is 6. The van der Waals surface area contributed by atoms with Gasteiger partial charge < -0.3 is 61.8 Å². The molecular weight excluding hydrogens is 938 g/mol. The molecule has 0 aliphatic carbocycles. The first kappa shape index (κ1) is 52.9. The molecule has 5 rings (SSSR count). The number of nitrogens with one attached hydrogen (secondary N) is 5. The molecule has 0 radical (unpaired) electrons. The smallest absolute Gasteiger partial charge is 0.549 e. The number of hydrogen-bond donors (Lipinski definition) is 7. The first-order chi connectivity index (χ1) is 31.5. The molecule has 4 aromatic rings. The minimum absolute atomic E-state index is 0. The Hall–Kier alpha value is -6.74. The first-order valence-electron chi connectivity index (χ1n) is 21.0. The zero-order valence-corrected chi connectivity index (χ0v) is 38.7. The van der Waals surface area contributed by atoms with Gasteiger partial charge in [-0.3, -0.25) is 43.7 Å². The van der Waals surface area contributed by atoms with Gasteiger partial charge in [-0.25, -0.2) is 14.8 Å². The molecule has 1 saturated heterocycles. The molecule has 26 heteroatoms. The number of aliphatic carboxylic acids is 4. The van der Waals surface area contributed by atoms with Crippen molar-refractivity contribution >= 4 is 84.0 Å². The fraction of sp³-hybridized carbons (Fsp3) is 0.463. The largest absolute Gasteiger partial charge is 3.00 e. The molecular formula is C41H49GaN12O13. The molecule has 1 unspecified atom stereocenters. The van der Waals surface area contributed by atoms with Gasteiger partial charge in [0.2, 0.25) is 22.7 Å². The van der Waals surface area contributed by atoms with Crippen LogP contribution in [0.4, 0.5) is 17.3 Å². The number of anilines is 3. The number of benzene rings is 1. The molecule has 354 valence electrons. The van der Waals surface area contributed by atoms with E-state index < -0.39 is 77.3 Å². The van der Waals surface area contributed by atoms with Gasteiger partial charge >= 0.3 is 25.8 Å². The summed E-state index contributed by atoms with van der Waals surface area (Å²) in [5.41, 5.74) is 5.14. The standard InChI is InChI=1S/C41H52N12O13.Ga/c42-41-49-36-33(38(62)50-41)47-25(20-46-36)19-45-24-7-5-23(6-8-24)37(61)48-27(39(63)64)9-10-29(54)43-11-1-3-26-32(35(60)34(26)59)44-12-2-4-28(40(65)66)53-17-15-51(21-30(55)56)13-14-52(16-18-53)22-31(57)58;/h5-8,20,27-28,44-45H,1-4,9-19,21-22H2,(H,43,54)(H,48,61)(H,55,56)(H,57,58)(H,63,64)(H,65,66)(H3,42,46,49,50,62);/q;+3/p-3/t27-,28?;/m0./s1. The second-order valence-electron chi connectivity index (χ2n) is 15.5. The van der Waals surface area contributed by atoms with Crippen LogP contribution in [0.1, 0.15) is 53.7 Å². The third kappa shape index (κ3) is 15.7. The van der Waals surface area contributed by atoms with E-state index in [1.165, 1.54) is 28.1 Å². The van der Waals surface area contributed by atoms with Crippen LogP contribution in [0.3, 0.4) is 0 Å². The van der Waals surface area contributed by atoms with E-state index in [-0.39, 0.29) is 151 Å². The molecule has 0 bridgehead atoms. The Labute approximate surface area is 394 Å². The number of nitrogens with zero attached hydrogens (tertiary/aromatic N) is 6. The van der Waals surface area contributed by atoms with Crippen LogP contribution >= 0.6 is 0 Å². The number of hydrogen-bond acceptors (Lipinski definition) is 21. The third-order valence-electron chi connectivity index (χ3n) is 10.8. The quantitative estimate of drug-likeness (QED) is 0.0195. The summed E-state index contributed by atoms with van der Waals surface area (Å²) in [6.07, 6.45) is 1.61. The fourth-order valence-corrected chi connectivity index (χ4v) is 7.32. The average molecular weight is 988 g/mol. The first-order valence-corrected chi connectivity index (χ1v) is 21.0. The number of nitrogen functional groups attached to an aromatic ring is 1. The van der Waals surface area contributed by atoms with E-state index in [0.717, 1.165) is 0 Å². The van der Waals surface area contributed by atoms with E-state index in [9.17, 15) is 63.6 Å². The van der Waals surface area contributed by atoms with Gasteiger partial charge in [-0.15, -0.1) is 0 Å². The number of aromatic nitrogens is 4. The summed E-state index contributed by atoms with van der Waals surface area (Å²) in [4.78, 5) is 128. The molecule has 3 heterocycles. The number of H-pyrrole nitrogens is 1. The maximum Gasteiger partial charge on any atom is 3.00 e. The number of rotatable bonds is 24. The Bertz CT molecular complexity index is 2510. The van der Waals surface area contributed by atoms with E-state index >= 15 is 0 Å². The molecule has 8 N–H and O–H groups in total. The average Bonchev–Trinajstić information content (AvgIpc) is 3.35. The van der Waals surface area contributed by atoms with E-state index in [2.05, 4.69) is 41.2 Å². The molecule has 2 atom stereocenters. The van der Waals surface area contributed by atoms with Crippen LogP contribution in [0, 0.1) is 0 Å². The minimum Gasteiger partial charge on any atom is -0.549 e. The molecule has 0 saturated carbocycles. The minimum atomic E-state index is -1.39. The Morgan fingerprint density at radius 3 is 2.07 bits per heavy atom. The van der Waals surface area contributed by atoms with Crippen molar-refractivity contribution in [2.75, 3.05) is 81.8 Å². The number of carbonyl (C=O) groups excluding carboxylic acids is 5. The summed E-state index contributed by atoms with van der Waals surface area (Å²) in [5, 5.41) is 55.5. The van der Waals surface area contributed by atoms with Crippen molar-refractivity contribution in [1.82, 2.24) is 45.3 Å².